The van der Waals surface area contributed by atoms with Gasteiger partial charge in [0.2, 0.25) is 0 Å². The number of carbonyl (C=O) groups is 1. The molecule has 2 rings (SSSR count). The summed E-state index contributed by atoms with van der Waals surface area (Å²) in [6, 6.07) is 6.02. The highest BCUT2D eigenvalue weighted by Gasteiger charge is 2.22. The summed E-state index contributed by atoms with van der Waals surface area (Å²) >= 11 is 13.5. The minimum Gasteiger partial charge on any atom is -0.321 e. The second-order valence-electron chi connectivity index (χ2n) is 3.86. The Labute approximate surface area is 142 Å². The van der Waals surface area contributed by atoms with E-state index in [1.165, 1.54) is 0 Å². The summed E-state index contributed by atoms with van der Waals surface area (Å²) in [6.07, 6.45) is 0.948. The summed E-state index contributed by atoms with van der Waals surface area (Å²) in [5.41, 5.74) is -0.0844. The SMILES string of the molecule is O=C(Nc1ccc(Cl)cc1I)c1cc(Cl)ncc1[N+](=O)[O-]. The highest BCUT2D eigenvalue weighted by atomic mass is 127. The van der Waals surface area contributed by atoms with Crippen LogP contribution in [0.15, 0.2) is 30.5 Å². The number of halogens is 3. The summed E-state index contributed by atoms with van der Waals surface area (Å²) in [5.74, 6) is -0.647. The molecule has 108 valence electrons. The van der Waals surface area contributed by atoms with Crippen LogP contribution in [0.3, 0.4) is 0 Å². The molecule has 0 aliphatic heterocycles. The summed E-state index contributed by atoms with van der Waals surface area (Å²) in [5, 5.41) is 14.0. The van der Waals surface area contributed by atoms with Crippen molar-refractivity contribution in [2.45, 2.75) is 0 Å². The largest absolute Gasteiger partial charge is 0.321 e. The number of hydrogen-bond acceptors (Lipinski definition) is 4. The highest BCUT2D eigenvalue weighted by molar-refractivity contribution is 14.1. The highest BCUT2D eigenvalue weighted by Crippen LogP contribution is 2.25. The van der Waals surface area contributed by atoms with E-state index >= 15 is 0 Å². The van der Waals surface area contributed by atoms with E-state index in [-0.39, 0.29) is 10.7 Å². The molecule has 21 heavy (non-hydrogen) atoms. The smallest absolute Gasteiger partial charge is 0.300 e. The van der Waals surface area contributed by atoms with Gasteiger partial charge in [-0.25, -0.2) is 4.98 Å². The van der Waals surface area contributed by atoms with Gasteiger partial charge in [-0.15, -0.1) is 0 Å². The molecule has 0 saturated carbocycles. The lowest BCUT2D eigenvalue weighted by molar-refractivity contribution is -0.385. The van der Waals surface area contributed by atoms with Crippen molar-refractivity contribution in [3.8, 4) is 0 Å². The first-order chi connectivity index (χ1) is 9.88. The molecule has 0 unspecified atom stereocenters. The monoisotopic (exact) mass is 437 g/mol. The maximum atomic E-state index is 12.2. The molecule has 1 aromatic carbocycles. The van der Waals surface area contributed by atoms with E-state index in [0.29, 0.717) is 14.3 Å². The molecule has 6 nitrogen and oxygen atoms in total. The Morgan fingerprint density at radius 1 is 1.33 bits per heavy atom. The third-order valence-electron chi connectivity index (χ3n) is 2.47. The Bertz CT molecular complexity index is 740. The van der Waals surface area contributed by atoms with Crippen LogP contribution in [0.5, 0.6) is 0 Å². The molecule has 1 heterocycles. The Morgan fingerprint density at radius 2 is 2.05 bits per heavy atom. The zero-order valence-corrected chi connectivity index (χ0v) is 13.8. The molecule has 1 N–H and O–H groups in total. The molecule has 0 saturated heterocycles. The van der Waals surface area contributed by atoms with Crippen molar-refractivity contribution >= 4 is 63.1 Å². The van der Waals surface area contributed by atoms with Crippen LogP contribution < -0.4 is 5.32 Å². The third kappa shape index (κ3) is 3.80. The van der Waals surface area contributed by atoms with E-state index in [2.05, 4.69) is 10.3 Å². The lowest BCUT2D eigenvalue weighted by Gasteiger charge is -2.08. The molecule has 1 aromatic heterocycles. The number of aromatic nitrogens is 1. The van der Waals surface area contributed by atoms with Gasteiger partial charge in [-0.1, -0.05) is 23.2 Å². The van der Waals surface area contributed by atoms with Gasteiger partial charge in [0.25, 0.3) is 11.6 Å². The Balaban J connectivity index is 2.36. The number of carbonyl (C=O) groups excluding carboxylic acids is 1. The van der Waals surface area contributed by atoms with Gasteiger partial charge in [-0.05, 0) is 46.9 Å². The number of rotatable bonds is 3. The van der Waals surface area contributed by atoms with Gasteiger partial charge in [-0.3, -0.25) is 14.9 Å². The first kappa shape index (κ1) is 15.9. The number of nitro groups is 1. The van der Waals surface area contributed by atoms with Gasteiger partial charge in [-0.2, -0.15) is 0 Å². The minimum absolute atomic E-state index is 0.00319. The molecule has 0 fully saturated rings. The molecule has 9 heteroatoms. The van der Waals surface area contributed by atoms with Crippen molar-refractivity contribution in [2.75, 3.05) is 5.32 Å². The molecule has 0 spiro atoms. The second-order valence-corrected chi connectivity index (χ2v) is 5.85. The van der Waals surface area contributed by atoms with Gasteiger partial charge < -0.3 is 5.32 Å². The van der Waals surface area contributed by atoms with Crippen molar-refractivity contribution in [2.24, 2.45) is 0 Å². The van der Waals surface area contributed by atoms with Gasteiger partial charge in [0, 0.05) is 8.59 Å². The van der Waals surface area contributed by atoms with E-state index in [4.69, 9.17) is 23.2 Å². The molecule has 0 radical (unpaired) electrons. The fourth-order valence-electron chi connectivity index (χ4n) is 1.53. The predicted molar refractivity (Wildman–Crippen MR) is 88.0 cm³/mol. The molecule has 0 aliphatic rings. The van der Waals surface area contributed by atoms with Crippen molar-refractivity contribution in [1.82, 2.24) is 4.98 Å². The molecular formula is C12H6Cl2IN3O3. The van der Waals surface area contributed by atoms with E-state index in [0.717, 1.165) is 12.3 Å². The molecule has 0 bridgehead atoms. The maximum absolute atomic E-state index is 12.2. The summed E-state index contributed by atoms with van der Waals surface area (Å²) in [4.78, 5) is 26.0. The summed E-state index contributed by atoms with van der Waals surface area (Å²) in [7, 11) is 0. The first-order valence-electron chi connectivity index (χ1n) is 5.45. The van der Waals surface area contributed by atoms with Crippen LogP contribution in [0, 0.1) is 13.7 Å². The van der Waals surface area contributed by atoms with Gasteiger partial charge in [0.05, 0.1) is 10.6 Å². The van der Waals surface area contributed by atoms with E-state index in [1.54, 1.807) is 18.2 Å². The van der Waals surface area contributed by atoms with Crippen LogP contribution in [0.1, 0.15) is 10.4 Å². The average Bonchev–Trinajstić information content (AvgIpc) is 2.41. The molecular weight excluding hydrogens is 432 g/mol. The van der Waals surface area contributed by atoms with Crippen LogP contribution in [0.4, 0.5) is 11.4 Å². The van der Waals surface area contributed by atoms with Crippen molar-refractivity contribution in [1.29, 1.82) is 0 Å². The lowest BCUT2D eigenvalue weighted by atomic mass is 10.2. The number of hydrogen-bond donors (Lipinski definition) is 1. The lowest BCUT2D eigenvalue weighted by Crippen LogP contribution is -2.15. The minimum atomic E-state index is -0.689. The quantitative estimate of drug-likeness (QED) is 0.338. The first-order valence-corrected chi connectivity index (χ1v) is 7.28. The zero-order chi connectivity index (χ0) is 15.6. The van der Waals surface area contributed by atoms with Crippen LogP contribution in [0.25, 0.3) is 0 Å². The van der Waals surface area contributed by atoms with Crippen molar-refractivity contribution < 1.29 is 9.72 Å². The summed E-state index contributed by atoms with van der Waals surface area (Å²) in [6.45, 7) is 0. The maximum Gasteiger partial charge on any atom is 0.300 e. The van der Waals surface area contributed by atoms with Crippen LogP contribution in [-0.2, 0) is 0 Å². The van der Waals surface area contributed by atoms with Gasteiger partial charge >= 0.3 is 0 Å². The molecule has 0 aliphatic carbocycles. The Kier molecular flexibility index (Phi) is 4.96. The van der Waals surface area contributed by atoms with Gasteiger partial charge in [0.15, 0.2) is 0 Å². The number of anilines is 1. The van der Waals surface area contributed by atoms with Crippen LogP contribution in [0.2, 0.25) is 10.2 Å². The number of amides is 1. The molecule has 2 aromatic rings. The van der Waals surface area contributed by atoms with E-state index in [1.807, 2.05) is 22.6 Å². The third-order valence-corrected chi connectivity index (χ3v) is 3.80. The topological polar surface area (TPSA) is 85.1 Å². The van der Waals surface area contributed by atoms with Crippen LogP contribution in [-0.4, -0.2) is 15.8 Å². The van der Waals surface area contributed by atoms with Crippen LogP contribution >= 0.6 is 45.8 Å². The Hall–Kier alpha value is -1.45. The summed E-state index contributed by atoms with van der Waals surface area (Å²) < 4.78 is 0.705. The average molecular weight is 438 g/mol. The second kappa shape index (κ2) is 6.54. The van der Waals surface area contributed by atoms with Gasteiger partial charge in [0.1, 0.15) is 16.9 Å². The fourth-order valence-corrected chi connectivity index (χ4v) is 2.69. The normalized spacial score (nSPS) is 10.2. The fraction of sp³-hybridized carbons (Fsp3) is 0. The zero-order valence-electron chi connectivity index (χ0n) is 10.1. The number of nitrogens with one attached hydrogen (secondary N) is 1. The molecule has 1 amide bonds. The van der Waals surface area contributed by atoms with Crippen molar-refractivity contribution in [3.05, 3.63) is 59.9 Å². The van der Waals surface area contributed by atoms with Crippen molar-refractivity contribution in [3.63, 3.8) is 0 Å². The van der Waals surface area contributed by atoms with E-state index < -0.39 is 16.5 Å². The van der Waals surface area contributed by atoms with E-state index in [9.17, 15) is 14.9 Å². The standard InChI is InChI=1S/C12H6Cl2IN3O3/c13-6-1-2-9(8(15)3-6)17-12(19)7-4-11(14)16-5-10(7)18(20)21/h1-5H,(H,17,19). The number of nitrogens with zero attached hydrogens (tertiary/aromatic N) is 2. The molecule has 0 atom stereocenters. The predicted octanol–water partition coefficient (Wildman–Crippen LogP) is 4.15. The number of benzene rings is 1. The Morgan fingerprint density at radius 3 is 2.67 bits per heavy atom. The number of pyridine rings is 1.